The van der Waals surface area contributed by atoms with E-state index in [2.05, 4.69) is 14.2 Å². The van der Waals surface area contributed by atoms with Crippen molar-refractivity contribution in [2.45, 2.75) is 0 Å². The van der Waals surface area contributed by atoms with Gasteiger partial charge < -0.3 is 4.42 Å². The average Bonchev–Trinajstić information content (AvgIpc) is 2.12. The van der Waals surface area contributed by atoms with Crippen molar-refractivity contribution in [3.05, 3.63) is 18.4 Å². The second-order valence-electron chi connectivity index (χ2n) is 1.20. The Hall–Kier alpha value is -0.270. The monoisotopic (exact) mass is 145 g/mol. The summed E-state index contributed by atoms with van der Waals surface area (Å²) < 4.78 is 5.43. The van der Waals surface area contributed by atoms with Gasteiger partial charge in [0.05, 0.1) is 10.8 Å². The minimum absolute atomic E-state index is 0.505. The molecule has 1 atom stereocenters. The molecule has 0 N–H and O–H groups in total. The van der Waals surface area contributed by atoms with Crippen LogP contribution in [-0.2, 0) is 0 Å². The predicted octanol–water partition coefficient (Wildman–Crippen LogP) is 1.23. The fraction of sp³-hybridized carbons (Fsp3) is 0. The number of hydrogen-bond donors (Lipinski definition) is 0. The molecule has 8 heavy (non-hydrogen) atoms. The number of nitrogens with zero attached hydrogens (tertiary/aromatic N) is 1. The lowest BCUT2D eigenvalue weighted by Crippen LogP contribution is -1.82. The topological polar surface area (TPSA) is 26.0 Å². The molecule has 4 heteroatoms. The predicted molar refractivity (Wildman–Crippen MR) is 37.9 cm³/mol. The standard InChI is InChI=1S/C4H4NOPS/c7-4(8)3-5-1-2-6-3/h1-2H,7H2. The molecule has 2 nitrogen and oxygen atoms in total. The second-order valence-corrected chi connectivity index (χ2v) is 2.64. The first-order valence-corrected chi connectivity index (χ1v) is 2.98. The van der Waals surface area contributed by atoms with Gasteiger partial charge in [0.1, 0.15) is 6.26 Å². The van der Waals surface area contributed by atoms with Crippen molar-refractivity contribution in [3.63, 3.8) is 0 Å². The van der Waals surface area contributed by atoms with Gasteiger partial charge in [0.25, 0.3) is 0 Å². The first kappa shape index (κ1) is 5.86. The molecule has 0 aliphatic rings. The number of thiocarbonyl (C=S) groups is 1. The normalized spacial score (nSPS) is 9.12. The van der Waals surface area contributed by atoms with Crippen LogP contribution in [0.25, 0.3) is 0 Å². The average molecular weight is 145 g/mol. The third kappa shape index (κ3) is 1.11. The highest BCUT2D eigenvalue weighted by Gasteiger charge is 1.95. The molecule has 1 unspecified atom stereocenters. The van der Waals surface area contributed by atoms with Crippen LogP contribution in [0.4, 0.5) is 0 Å². The Morgan fingerprint density at radius 3 is 2.88 bits per heavy atom. The van der Waals surface area contributed by atoms with Gasteiger partial charge in [0.15, 0.2) is 0 Å². The second kappa shape index (κ2) is 2.33. The molecule has 0 aromatic carbocycles. The van der Waals surface area contributed by atoms with Gasteiger partial charge in [-0.1, -0.05) is 21.5 Å². The molecule has 0 amide bonds. The van der Waals surface area contributed by atoms with E-state index in [1.165, 1.54) is 6.26 Å². The zero-order valence-electron chi connectivity index (χ0n) is 4.00. The molecule has 0 saturated carbocycles. The highest BCUT2D eigenvalue weighted by Crippen LogP contribution is 2.02. The Bertz CT molecular complexity index is 184. The van der Waals surface area contributed by atoms with Crippen LogP contribution in [0.5, 0.6) is 0 Å². The van der Waals surface area contributed by atoms with Crippen LogP contribution in [0.2, 0.25) is 0 Å². The Balaban J connectivity index is 2.93. The third-order valence-electron chi connectivity index (χ3n) is 0.643. The van der Waals surface area contributed by atoms with Crippen molar-refractivity contribution in [1.29, 1.82) is 0 Å². The molecule has 1 rings (SSSR count). The zero-order valence-corrected chi connectivity index (χ0v) is 5.97. The molecule has 42 valence electrons. The molecule has 0 spiro atoms. The molecule has 1 aromatic rings. The molecule has 0 bridgehead atoms. The highest BCUT2D eigenvalue weighted by atomic mass is 32.1. The molecule has 0 saturated heterocycles. The first-order chi connectivity index (χ1) is 3.80. The smallest absolute Gasteiger partial charge is 0.236 e. The molecule has 0 aliphatic carbocycles. The summed E-state index contributed by atoms with van der Waals surface area (Å²) in [4.78, 5) is 3.79. The van der Waals surface area contributed by atoms with Crippen LogP contribution >= 0.6 is 21.5 Å². The molecular weight excluding hydrogens is 141 g/mol. The van der Waals surface area contributed by atoms with E-state index in [9.17, 15) is 0 Å². The Morgan fingerprint density at radius 2 is 2.62 bits per heavy atom. The summed E-state index contributed by atoms with van der Waals surface area (Å²) in [5.41, 5.74) is 0. The van der Waals surface area contributed by atoms with Gasteiger partial charge in [-0.15, -0.1) is 0 Å². The minimum Gasteiger partial charge on any atom is -0.444 e. The summed E-state index contributed by atoms with van der Waals surface area (Å²) in [6.45, 7) is 0. The van der Waals surface area contributed by atoms with E-state index in [4.69, 9.17) is 16.6 Å². The molecule has 0 radical (unpaired) electrons. The molecule has 1 heterocycles. The Kier molecular flexibility index (Phi) is 1.71. The maximum atomic E-state index is 4.82. The van der Waals surface area contributed by atoms with E-state index >= 15 is 0 Å². The van der Waals surface area contributed by atoms with E-state index in [-0.39, 0.29) is 0 Å². The van der Waals surface area contributed by atoms with Crippen LogP contribution in [0.15, 0.2) is 16.9 Å². The van der Waals surface area contributed by atoms with Crippen molar-refractivity contribution in [2.24, 2.45) is 0 Å². The fourth-order valence-corrected chi connectivity index (χ4v) is 0.589. The molecular formula is C4H4NOPS. The van der Waals surface area contributed by atoms with Crippen molar-refractivity contribution in [3.8, 4) is 0 Å². The summed E-state index contributed by atoms with van der Waals surface area (Å²) in [6, 6.07) is 0. The maximum absolute atomic E-state index is 4.82. The zero-order chi connectivity index (χ0) is 5.98. The summed E-state index contributed by atoms with van der Waals surface area (Å²) >= 11 is 4.72. The van der Waals surface area contributed by atoms with Gasteiger partial charge in [-0.3, -0.25) is 0 Å². The summed E-state index contributed by atoms with van der Waals surface area (Å²) in [5, 5.41) is 0. The van der Waals surface area contributed by atoms with Crippen LogP contribution < -0.4 is 0 Å². The number of rotatable bonds is 1. The summed E-state index contributed by atoms with van der Waals surface area (Å²) in [7, 11) is 2.34. The Labute approximate surface area is 54.5 Å². The lowest BCUT2D eigenvalue weighted by Gasteiger charge is -1.81. The minimum atomic E-state index is 0.505. The summed E-state index contributed by atoms with van der Waals surface area (Å²) in [6.07, 6.45) is 3.05. The highest BCUT2D eigenvalue weighted by molar-refractivity contribution is 7.90. The van der Waals surface area contributed by atoms with Crippen LogP contribution in [0.3, 0.4) is 0 Å². The Morgan fingerprint density at radius 1 is 1.88 bits per heavy atom. The van der Waals surface area contributed by atoms with Gasteiger partial charge in [-0.05, 0) is 0 Å². The van der Waals surface area contributed by atoms with Gasteiger partial charge in [-0.2, -0.15) is 0 Å². The third-order valence-corrected chi connectivity index (χ3v) is 1.06. The van der Waals surface area contributed by atoms with Crippen LogP contribution in [0.1, 0.15) is 5.89 Å². The van der Waals surface area contributed by atoms with Gasteiger partial charge in [0.2, 0.25) is 5.89 Å². The lowest BCUT2D eigenvalue weighted by atomic mass is 10.8. The van der Waals surface area contributed by atoms with Crippen molar-refractivity contribution >= 4 is 26.1 Å². The van der Waals surface area contributed by atoms with E-state index in [0.717, 1.165) is 0 Å². The lowest BCUT2D eigenvalue weighted by molar-refractivity contribution is 0.550. The summed E-state index contributed by atoms with van der Waals surface area (Å²) in [5.74, 6) is 0.505. The van der Waals surface area contributed by atoms with E-state index < -0.39 is 0 Å². The van der Waals surface area contributed by atoms with E-state index in [0.29, 0.717) is 10.5 Å². The van der Waals surface area contributed by atoms with Crippen LogP contribution in [-0.4, -0.2) is 9.59 Å². The maximum Gasteiger partial charge on any atom is 0.236 e. The van der Waals surface area contributed by atoms with E-state index in [1.54, 1.807) is 6.20 Å². The number of aromatic nitrogens is 1. The number of hydrogen-bond acceptors (Lipinski definition) is 3. The van der Waals surface area contributed by atoms with Crippen molar-refractivity contribution < 1.29 is 4.42 Å². The molecule has 1 aromatic heterocycles. The molecule has 0 aliphatic heterocycles. The van der Waals surface area contributed by atoms with Crippen molar-refractivity contribution in [1.82, 2.24) is 4.98 Å². The number of oxazole rings is 1. The van der Waals surface area contributed by atoms with Crippen LogP contribution in [0, 0.1) is 0 Å². The van der Waals surface area contributed by atoms with Crippen molar-refractivity contribution in [2.75, 3.05) is 0 Å². The van der Waals surface area contributed by atoms with Gasteiger partial charge >= 0.3 is 0 Å². The largest absolute Gasteiger partial charge is 0.444 e. The quantitative estimate of drug-likeness (QED) is 0.439. The fourth-order valence-electron chi connectivity index (χ4n) is 0.345. The van der Waals surface area contributed by atoms with Gasteiger partial charge in [0, 0.05) is 0 Å². The SMILES string of the molecule is PC(=S)c1ncco1. The first-order valence-electron chi connectivity index (χ1n) is 2.00. The van der Waals surface area contributed by atoms with Gasteiger partial charge in [-0.25, -0.2) is 4.98 Å². The van der Waals surface area contributed by atoms with E-state index in [1.807, 2.05) is 0 Å². The molecule has 0 fully saturated rings.